The van der Waals surface area contributed by atoms with Crippen molar-refractivity contribution in [1.29, 1.82) is 0 Å². The fourth-order valence-corrected chi connectivity index (χ4v) is 3.63. The Balaban J connectivity index is 0.00000132. The summed E-state index contributed by atoms with van der Waals surface area (Å²) < 4.78 is 0. The Kier molecular flexibility index (Phi) is 8.17. The maximum atomic E-state index is 12.2. The molecule has 0 radical (unpaired) electrons. The molecule has 2 fully saturated rings. The number of nitrogens with one attached hydrogen (secondary N) is 1. The third kappa shape index (κ3) is 5.27. The lowest BCUT2D eigenvalue weighted by atomic mass is 10.0. The van der Waals surface area contributed by atoms with Gasteiger partial charge in [0, 0.05) is 36.4 Å². The molecule has 6 heteroatoms. The van der Waals surface area contributed by atoms with Crippen LogP contribution in [0.5, 0.6) is 0 Å². The third-order valence-corrected chi connectivity index (χ3v) is 4.85. The Bertz CT molecular complexity index is 498. The zero-order chi connectivity index (χ0) is 14.7. The summed E-state index contributed by atoms with van der Waals surface area (Å²) in [6.07, 6.45) is 7.61. The first-order chi connectivity index (χ1) is 10.2. The Morgan fingerprint density at radius 3 is 2.35 bits per heavy atom. The monoisotopic (exact) mass is 359 g/mol. The van der Waals surface area contributed by atoms with Gasteiger partial charge in [-0.25, -0.2) is 0 Å². The third-order valence-electron chi connectivity index (χ3n) is 4.85. The van der Waals surface area contributed by atoms with E-state index in [1.54, 1.807) is 12.1 Å². The number of likely N-dealkylation sites (tertiary alicyclic amines) is 1. The number of hydrogen-bond acceptors (Lipinski definition) is 3. The lowest BCUT2D eigenvalue weighted by molar-refractivity contribution is 0.0892. The lowest BCUT2D eigenvalue weighted by Crippen LogP contribution is -2.47. The average Bonchev–Trinajstić information content (AvgIpc) is 3.02. The van der Waals surface area contributed by atoms with E-state index in [2.05, 4.69) is 10.2 Å². The molecule has 3 N–H and O–H groups in total. The molecule has 23 heavy (non-hydrogen) atoms. The summed E-state index contributed by atoms with van der Waals surface area (Å²) in [5.41, 5.74) is 7.03. The molecule has 0 atom stereocenters. The van der Waals surface area contributed by atoms with E-state index >= 15 is 0 Å². The Morgan fingerprint density at radius 1 is 1.09 bits per heavy atom. The fourth-order valence-electron chi connectivity index (χ4n) is 3.63. The SMILES string of the molecule is Cl.Cl.Nc1cccc(C(=O)NC2CCN(C3CCCC3)CC2)c1. The molecule has 1 amide bonds. The van der Waals surface area contributed by atoms with Gasteiger partial charge >= 0.3 is 0 Å². The topological polar surface area (TPSA) is 58.4 Å². The maximum Gasteiger partial charge on any atom is 0.251 e. The standard InChI is InChI=1S/C17H25N3O.2ClH/c18-14-5-3-4-13(12-14)17(21)19-15-8-10-20(11-9-15)16-6-1-2-7-16;;/h3-5,12,15-16H,1-2,6-11,18H2,(H,19,21);2*1H. The fraction of sp³-hybridized carbons (Fsp3) is 0.588. The lowest BCUT2D eigenvalue weighted by Gasteiger charge is -2.36. The Hall–Kier alpha value is -0.970. The van der Waals surface area contributed by atoms with E-state index in [4.69, 9.17) is 5.73 Å². The van der Waals surface area contributed by atoms with Gasteiger partial charge in [-0.1, -0.05) is 18.9 Å². The molecule has 1 aromatic rings. The highest BCUT2D eigenvalue weighted by molar-refractivity contribution is 5.95. The minimum Gasteiger partial charge on any atom is -0.399 e. The van der Waals surface area contributed by atoms with Gasteiger partial charge in [0.25, 0.3) is 5.91 Å². The van der Waals surface area contributed by atoms with Crippen molar-refractivity contribution in [3.05, 3.63) is 29.8 Å². The van der Waals surface area contributed by atoms with Crippen molar-refractivity contribution in [1.82, 2.24) is 10.2 Å². The smallest absolute Gasteiger partial charge is 0.251 e. The van der Waals surface area contributed by atoms with Gasteiger partial charge in [0.2, 0.25) is 0 Å². The number of carbonyl (C=O) groups excluding carboxylic acids is 1. The van der Waals surface area contributed by atoms with Crippen molar-refractivity contribution >= 4 is 36.4 Å². The van der Waals surface area contributed by atoms with Crippen LogP contribution in [0.1, 0.15) is 48.9 Å². The van der Waals surface area contributed by atoms with Gasteiger partial charge in [0.15, 0.2) is 0 Å². The van der Waals surface area contributed by atoms with Crippen molar-refractivity contribution in [3.63, 3.8) is 0 Å². The van der Waals surface area contributed by atoms with Gasteiger partial charge in [-0.15, -0.1) is 24.8 Å². The van der Waals surface area contributed by atoms with Crippen LogP contribution in [-0.2, 0) is 0 Å². The molecule has 0 spiro atoms. The van der Waals surface area contributed by atoms with Crippen LogP contribution in [0, 0.1) is 0 Å². The number of nitrogen functional groups attached to an aromatic ring is 1. The minimum absolute atomic E-state index is 0. The Labute approximate surface area is 151 Å². The summed E-state index contributed by atoms with van der Waals surface area (Å²) in [5.74, 6) is 0.00150. The van der Waals surface area contributed by atoms with Crippen LogP contribution in [0.15, 0.2) is 24.3 Å². The van der Waals surface area contributed by atoms with Gasteiger partial charge in [-0.2, -0.15) is 0 Å². The predicted octanol–water partition coefficient (Wildman–Crippen LogP) is 3.25. The van der Waals surface area contributed by atoms with Crippen LogP contribution in [0.2, 0.25) is 0 Å². The van der Waals surface area contributed by atoms with Gasteiger partial charge < -0.3 is 16.0 Å². The van der Waals surface area contributed by atoms with E-state index in [1.807, 2.05) is 12.1 Å². The van der Waals surface area contributed by atoms with Gasteiger partial charge in [0.05, 0.1) is 0 Å². The summed E-state index contributed by atoms with van der Waals surface area (Å²) in [4.78, 5) is 14.8. The molecule has 0 bridgehead atoms. The van der Waals surface area contributed by atoms with Gasteiger partial charge in [0.1, 0.15) is 0 Å². The molecule has 1 saturated carbocycles. The van der Waals surface area contributed by atoms with Crippen LogP contribution in [0.4, 0.5) is 5.69 Å². The van der Waals surface area contributed by atoms with E-state index in [9.17, 15) is 4.79 Å². The first-order valence-electron chi connectivity index (χ1n) is 8.13. The van der Waals surface area contributed by atoms with Crippen molar-refractivity contribution in [3.8, 4) is 0 Å². The number of carbonyl (C=O) groups is 1. The number of piperidine rings is 1. The molecule has 1 aliphatic carbocycles. The number of anilines is 1. The van der Waals surface area contributed by atoms with Crippen LogP contribution in [0.25, 0.3) is 0 Å². The number of benzene rings is 1. The quantitative estimate of drug-likeness (QED) is 0.814. The van der Waals surface area contributed by atoms with Gasteiger partial charge in [-0.3, -0.25) is 4.79 Å². The zero-order valence-electron chi connectivity index (χ0n) is 13.4. The second-order valence-corrected chi connectivity index (χ2v) is 6.35. The first-order valence-corrected chi connectivity index (χ1v) is 8.13. The molecule has 4 nitrogen and oxygen atoms in total. The average molecular weight is 360 g/mol. The highest BCUT2D eigenvalue weighted by Crippen LogP contribution is 2.26. The molecule has 3 rings (SSSR count). The number of hydrogen-bond donors (Lipinski definition) is 2. The second-order valence-electron chi connectivity index (χ2n) is 6.35. The first kappa shape index (κ1) is 20.1. The van der Waals surface area contributed by atoms with Crippen molar-refractivity contribution in [2.75, 3.05) is 18.8 Å². The summed E-state index contributed by atoms with van der Waals surface area (Å²) in [6.45, 7) is 2.24. The molecule has 130 valence electrons. The van der Waals surface area contributed by atoms with E-state index in [0.29, 0.717) is 17.3 Å². The number of rotatable bonds is 3. The molecule has 2 aliphatic rings. The minimum atomic E-state index is 0. The number of halogens is 2. The zero-order valence-corrected chi connectivity index (χ0v) is 15.0. The van der Waals surface area contributed by atoms with Crippen LogP contribution in [0.3, 0.4) is 0 Å². The van der Waals surface area contributed by atoms with Crippen molar-refractivity contribution in [2.24, 2.45) is 0 Å². The Morgan fingerprint density at radius 2 is 1.74 bits per heavy atom. The van der Waals surface area contributed by atoms with Crippen LogP contribution in [-0.4, -0.2) is 36.0 Å². The van der Waals surface area contributed by atoms with Crippen LogP contribution < -0.4 is 11.1 Å². The van der Waals surface area contributed by atoms with E-state index < -0.39 is 0 Å². The summed E-state index contributed by atoms with van der Waals surface area (Å²) in [5, 5.41) is 3.15. The van der Waals surface area contributed by atoms with Crippen molar-refractivity contribution in [2.45, 2.75) is 50.6 Å². The number of amides is 1. The molecular formula is C17H27Cl2N3O. The molecule has 1 aliphatic heterocycles. The normalized spacial score (nSPS) is 19.7. The van der Waals surface area contributed by atoms with E-state index in [0.717, 1.165) is 32.0 Å². The molecule has 0 unspecified atom stereocenters. The maximum absolute atomic E-state index is 12.2. The molecule has 1 heterocycles. The summed E-state index contributed by atoms with van der Waals surface area (Å²) >= 11 is 0. The highest BCUT2D eigenvalue weighted by Gasteiger charge is 2.27. The summed E-state index contributed by atoms with van der Waals surface area (Å²) in [7, 11) is 0. The molecule has 1 aromatic carbocycles. The number of nitrogens with two attached hydrogens (primary N) is 1. The molecule has 1 saturated heterocycles. The highest BCUT2D eigenvalue weighted by atomic mass is 35.5. The van der Waals surface area contributed by atoms with Gasteiger partial charge in [-0.05, 0) is 43.9 Å². The predicted molar refractivity (Wildman–Crippen MR) is 99.7 cm³/mol. The summed E-state index contributed by atoms with van der Waals surface area (Å²) in [6, 6.07) is 8.29. The largest absolute Gasteiger partial charge is 0.399 e. The molecule has 0 aromatic heterocycles. The van der Waals surface area contributed by atoms with Crippen LogP contribution >= 0.6 is 24.8 Å². The second kappa shape index (κ2) is 9.36. The number of nitrogens with zero attached hydrogens (tertiary/aromatic N) is 1. The molecular weight excluding hydrogens is 333 g/mol. The van der Waals surface area contributed by atoms with E-state index in [-0.39, 0.29) is 30.7 Å². The van der Waals surface area contributed by atoms with E-state index in [1.165, 1.54) is 25.7 Å². The van der Waals surface area contributed by atoms with Crippen molar-refractivity contribution < 1.29 is 4.79 Å².